The molecule has 1 aliphatic rings. The molecule has 2 heterocycles. The maximum atomic E-state index is 14.0. The summed E-state index contributed by atoms with van der Waals surface area (Å²) in [6, 6.07) is 9.43. The standard InChI is InChI=1S/C15H11F2NO/c16-9-4-5-11-14(6-9)18(7-10-8-19-10)13-3-1-2-12(17)15(11)13/h1-6,10H,7-8H2. The van der Waals surface area contributed by atoms with Gasteiger partial charge in [0.1, 0.15) is 11.6 Å². The number of benzene rings is 2. The van der Waals surface area contributed by atoms with Gasteiger partial charge in [-0.05, 0) is 30.3 Å². The Morgan fingerprint density at radius 1 is 1.16 bits per heavy atom. The molecular formula is C15H11F2NO. The molecule has 4 heteroatoms. The van der Waals surface area contributed by atoms with Crippen LogP contribution in [0.3, 0.4) is 0 Å². The summed E-state index contributed by atoms with van der Waals surface area (Å²) in [5.74, 6) is -0.585. The molecule has 1 fully saturated rings. The molecule has 19 heavy (non-hydrogen) atoms. The number of ether oxygens (including phenoxy) is 1. The van der Waals surface area contributed by atoms with Crippen LogP contribution < -0.4 is 0 Å². The van der Waals surface area contributed by atoms with Gasteiger partial charge >= 0.3 is 0 Å². The predicted molar refractivity (Wildman–Crippen MR) is 69.1 cm³/mol. The highest BCUT2D eigenvalue weighted by molar-refractivity contribution is 6.08. The van der Waals surface area contributed by atoms with Crippen LogP contribution in [0.5, 0.6) is 0 Å². The van der Waals surface area contributed by atoms with Gasteiger partial charge in [0.2, 0.25) is 0 Å². The summed E-state index contributed by atoms with van der Waals surface area (Å²) < 4.78 is 34.7. The molecule has 2 aromatic carbocycles. The van der Waals surface area contributed by atoms with Crippen LogP contribution in [0.1, 0.15) is 0 Å². The van der Waals surface area contributed by atoms with E-state index in [-0.39, 0.29) is 17.7 Å². The zero-order chi connectivity index (χ0) is 13.0. The van der Waals surface area contributed by atoms with Gasteiger partial charge in [0.25, 0.3) is 0 Å². The van der Waals surface area contributed by atoms with Gasteiger partial charge in [-0.2, -0.15) is 0 Å². The largest absolute Gasteiger partial charge is 0.371 e. The Hall–Kier alpha value is -1.94. The van der Waals surface area contributed by atoms with Gasteiger partial charge in [0.05, 0.1) is 30.3 Å². The normalized spacial score (nSPS) is 18.3. The number of fused-ring (bicyclic) bond motifs is 3. The highest BCUT2D eigenvalue weighted by Crippen LogP contribution is 2.32. The van der Waals surface area contributed by atoms with E-state index in [1.54, 1.807) is 12.1 Å². The van der Waals surface area contributed by atoms with E-state index in [4.69, 9.17) is 4.74 Å². The molecular weight excluding hydrogens is 248 g/mol. The highest BCUT2D eigenvalue weighted by atomic mass is 19.1. The van der Waals surface area contributed by atoms with Crippen molar-refractivity contribution in [1.82, 2.24) is 4.57 Å². The second-order valence-corrected chi connectivity index (χ2v) is 4.86. The molecule has 1 atom stereocenters. The van der Waals surface area contributed by atoms with E-state index < -0.39 is 0 Å². The molecule has 0 radical (unpaired) electrons. The number of hydrogen-bond donors (Lipinski definition) is 0. The fourth-order valence-electron chi connectivity index (χ4n) is 2.65. The number of halogens is 2. The van der Waals surface area contributed by atoms with E-state index in [0.717, 1.165) is 16.4 Å². The van der Waals surface area contributed by atoms with Gasteiger partial charge < -0.3 is 9.30 Å². The maximum Gasteiger partial charge on any atom is 0.133 e. The van der Waals surface area contributed by atoms with Gasteiger partial charge in [0, 0.05) is 10.8 Å². The first-order valence-electron chi connectivity index (χ1n) is 6.21. The summed E-state index contributed by atoms with van der Waals surface area (Å²) in [5.41, 5.74) is 1.51. The molecule has 0 spiro atoms. The lowest BCUT2D eigenvalue weighted by Gasteiger charge is -2.04. The monoisotopic (exact) mass is 259 g/mol. The van der Waals surface area contributed by atoms with E-state index in [9.17, 15) is 8.78 Å². The molecule has 96 valence electrons. The predicted octanol–water partition coefficient (Wildman–Crippen LogP) is 3.47. The summed E-state index contributed by atoms with van der Waals surface area (Å²) in [5, 5.41) is 1.30. The molecule has 0 N–H and O–H groups in total. The Morgan fingerprint density at radius 3 is 2.79 bits per heavy atom. The smallest absolute Gasteiger partial charge is 0.133 e. The average molecular weight is 259 g/mol. The summed E-state index contributed by atoms with van der Waals surface area (Å²) in [6.07, 6.45) is 0.158. The molecule has 0 amide bonds. The van der Waals surface area contributed by atoms with Gasteiger partial charge in [-0.15, -0.1) is 0 Å². The minimum absolute atomic E-state index is 0.158. The van der Waals surface area contributed by atoms with E-state index in [1.165, 1.54) is 18.2 Å². The summed E-state index contributed by atoms with van der Waals surface area (Å²) in [4.78, 5) is 0. The first-order chi connectivity index (χ1) is 9.24. The third-order valence-electron chi connectivity index (χ3n) is 3.59. The van der Waals surface area contributed by atoms with E-state index in [0.29, 0.717) is 18.5 Å². The van der Waals surface area contributed by atoms with Crippen LogP contribution in [0.25, 0.3) is 21.8 Å². The zero-order valence-corrected chi connectivity index (χ0v) is 10.1. The van der Waals surface area contributed by atoms with Crippen molar-refractivity contribution in [2.24, 2.45) is 0 Å². The lowest BCUT2D eigenvalue weighted by Crippen LogP contribution is -2.03. The van der Waals surface area contributed by atoms with Gasteiger partial charge in [-0.25, -0.2) is 8.78 Å². The molecule has 0 bridgehead atoms. The highest BCUT2D eigenvalue weighted by Gasteiger charge is 2.25. The van der Waals surface area contributed by atoms with Gasteiger partial charge in [0.15, 0.2) is 0 Å². The SMILES string of the molecule is Fc1ccc2c3c(F)cccc3n(CC3CO3)c2c1. The van der Waals surface area contributed by atoms with Crippen LogP contribution >= 0.6 is 0 Å². The molecule has 0 aliphatic carbocycles. The third-order valence-corrected chi connectivity index (χ3v) is 3.59. The van der Waals surface area contributed by atoms with Crippen LogP contribution in [-0.2, 0) is 11.3 Å². The average Bonchev–Trinajstić information content (AvgIpc) is 3.15. The van der Waals surface area contributed by atoms with Crippen molar-refractivity contribution in [3.8, 4) is 0 Å². The number of nitrogens with zero attached hydrogens (tertiary/aromatic N) is 1. The minimum atomic E-state index is -0.311. The van der Waals surface area contributed by atoms with Crippen LogP contribution in [0.2, 0.25) is 0 Å². The van der Waals surface area contributed by atoms with Crippen LogP contribution in [0.15, 0.2) is 36.4 Å². The first-order valence-corrected chi connectivity index (χ1v) is 6.21. The van der Waals surface area contributed by atoms with Crippen molar-refractivity contribution in [1.29, 1.82) is 0 Å². The van der Waals surface area contributed by atoms with Crippen LogP contribution in [0, 0.1) is 11.6 Å². The number of rotatable bonds is 2. The molecule has 1 aromatic heterocycles. The third kappa shape index (κ3) is 1.64. The number of aromatic nitrogens is 1. The van der Waals surface area contributed by atoms with Gasteiger partial charge in [-0.3, -0.25) is 0 Å². The molecule has 1 aliphatic heterocycles. The molecule has 1 unspecified atom stereocenters. The van der Waals surface area contributed by atoms with Gasteiger partial charge in [-0.1, -0.05) is 6.07 Å². The van der Waals surface area contributed by atoms with Crippen molar-refractivity contribution in [2.45, 2.75) is 12.6 Å². The number of hydrogen-bond acceptors (Lipinski definition) is 1. The fourth-order valence-corrected chi connectivity index (χ4v) is 2.65. The lowest BCUT2D eigenvalue weighted by molar-refractivity contribution is 0.387. The van der Waals surface area contributed by atoms with Crippen molar-refractivity contribution < 1.29 is 13.5 Å². The van der Waals surface area contributed by atoms with Crippen molar-refractivity contribution in [3.05, 3.63) is 48.0 Å². The minimum Gasteiger partial charge on any atom is -0.371 e. The quantitative estimate of drug-likeness (QED) is 0.644. The molecule has 1 saturated heterocycles. The lowest BCUT2D eigenvalue weighted by atomic mass is 10.1. The summed E-state index contributed by atoms with van der Waals surface area (Å²) in [6.45, 7) is 1.35. The Bertz CT molecular complexity index is 790. The van der Waals surface area contributed by atoms with Crippen LogP contribution in [0.4, 0.5) is 8.78 Å². The second kappa shape index (κ2) is 3.78. The summed E-state index contributed by atoms with van der Waals surface area (Å²) >= 11 is 0. The molecule has 2 nitrogen and oxygen atoms in total. The molecule has 0 saturated carbocycles. The Labute approximate surface area is 108 Å². The Balaban J connectivity index is 2.13. The van der Waals surface area contributed by atoms with Crippen molar-refractivity contribution in [3.63, 3.8) is 0 Å². The van der Waals surface area contributed by atoms with E-state index in [2.05, 4.69) is 0 Å². The van der Waals surface area contributed by atoms with Crippen LogP contribution in [-0.4, -0.2) is 17.3 Å². The topological polar surface area (TPSA) is 17.5 Å². The summed E-state index contributed by atoms with van der Waals surface area (Å²) in [7, 11) is 0. The second-order valence-electron chi connectivity index (χ2n) is 4.86. The molecule has 4 rings (SSSR count). The van der Waals surface area contributed by atoms with E-state index >= 15 is 0 Å². The fraction of sp³-hybridized carbons (Fsp3) is 0.200. The Kier molecular flexibility index (Phi) is 2.17. The maximum absolute atomic E-state index is 14.0. The Morgan fingerprint density at radius 2 is 2.00 bits per heavy atom. The first kappa shape index (κ1) is 10.9. The number of epoxide rings is 1. The van der Waals surface area contributed by atoms with E-state index in [1.807, 2.05) is 10.6 Å². The zero-order valence-electron chi connectivity index (χ0n) is 10.1. The van der Waals surface area contributed by atoms with Crippen molar-refractivity contribution in [2.75, 3.05) is 6.61 Å². The van der Waals surface area contributed by atoms with Crippen molar-refractivity contribution >= 4 is 21.8 Å². The molecule has 3 aromatic rings.